The fraction of sp³-hybridized carbons (Fsp3) is 0.625. The van der Waals surface area contributed by atoms with Gasteiger partial charge in [0.05, 0.1) is 20.1 Å². The number of nitrogens with zero attached hydrogens (tertiary/aromatic N) is 3. The summed E-state index contributed by atoms with van der Waals surface area (Å²) in [6.07, 6.45) is 2.31. The van der Waals surface area contributed by atoms with Crippen molar-refractivity contribution in [1.82, 2.24) is 14.7 Å². The van der Waals surface area contributed by atoms with Gasteiger partial charge in [0, 0.05) is 52.3 Å². The lowest BCUT2D eigenvalue weighted by Crippen LogP contribution is -2.54. The fourth-order valence-electron chi connectivity index (χ4n) is 4.84. The molecule has 3 heterocycles. The molecule has 0 radical (unpaired) electrons. The zero-order valence-corrected chi connectivity index (χ0v) is 19.5. The number of methoxy groups -OCH3 is 2. The van der Waals surface area contributed by atoms with E-state index in [1.807, 2.05) is 18.2 Å². The number of amides is 3. The van der Waals surface area contributed by atoms with Gasteiger partial charge in [0.2, 0.25) is 11.8 Å². The molecule has 1 aromatic rings. The molecule has 0 saturated carbocycles. The summed E-state index contributed by atoms with van der Waals surface area (Å²) in [5.74, 6) is 1.08. The zero-order chi connectivity index (χ0) is 23.4. The van der Waals surface area contributed by atoms with Crippen LogP contribution in [0.4, 0.5) is 0 Å². The second kappa shape index (κ2) is 10.4. The van der Waals surface area contributed by atoms with Crippen LogP contribution in [0.5, 0.6) is 11.5 Å². The van der Waals surface area contributed by atoms with Gasteiger partial charge in [-0.25, -0.2) is 0 Å². The summed E-state index contributed by atoms with van der Waals surface area (Å²) >= 11 is 0. The van der Waals surface area contributed by atoms with Crippen LogP contribution >= 0.6 is 0 Å². The van der Waals surface area contributed by atoms with E-state index >= 15 is 0 Å². The normalized spacial score (nSPS) is 23.2. The van der Waals surface area contributed by atoms with E-state index in [4.69, 9.17) is 14.2 Å². The molecule has 3 amide bonds. The van der Waals surface area contributed by atoms with Crippen LogP contribution in [0.2, 0.25) is 0 Å². The first-order valence-electron chi connectivity index (χ1n) is 11.7. The van der Waals surface area contributed by atoms with Crippen LogP contribution in [0.25, 0.3) is 0 Å². The maximum absolute atomic E-state index is 13.0. The fourth-order valence-corrected chi connectivity index (χ4v) is 4.84. The van der Waals surface area contributed by atoms with Crippen LogP contribution in [-0.4, -0.2) is 98.6 Å². The summed E-state index contributed by atoms with van der Waals surface area (Å²) in [5, 5.41) is 0. The highest BCUT2D eigenvalue weighted by Gasteiger charge is 2.38. The molecule has 2 atom stereocenters. The Morgan fingerprint density at radius 3 is 2.36 bits per heavy atom. The van der Waals surface area contributed by atoms with Crippen LogP contribution in [0, 0.1) is 5.92 Å². The summed E-state index contributed by atoms with van der Waals surface area (Å²) in [4.78, 5) is 43.5. The molecule has 9 heteroatoms. The van der Waals surface area contributed by atoms with Crippen LogP contribution in [-0.2, 0) is 25.5 Å². The number of ether oxygens (including phenoxy) is 3. The average Bonchev–Trinajstić information content (AvgIpc) is 3.52. The summed E-state index contributed by atoms with van der Waals surface area (Å²) < 4.78 is 16.1. The molecular formula is C24H33N3O6. The van der Waals surface area contributed by atoms with Gasteiger partial charge in [-0.05, 0) is 37.0 Å². The highest BCUT2D eigenvalue weighted by atomic mass is 16.5. The van der Waals surface area contributed by atoms with Gasteiger partial charge in [-0.1, -0.05) is 6.07 Å². The molecule has 0 spiro atoms. The lowest BCUT2D eigenvalue weighted by molar-refractivity contribution is -0.147. The Balaban J connectivity index is 1.26. The number of hydrogen-bond donors (Lipinski definition) is 0. The number of rotatable bonds is 7. The van der Waals surface area contributed by atoms with E-state index in [1.165, 1.54) is 0 Å². The van der Waals surface area contributed by atoms with E-state index in [0.717, 1.165) is 18.4 Å². The third kappa shape index (κ3) is 5.24. The van der Waals surface area contributed by atoms with Gasteiger partial charge in [0.1, 0.15) is 6.10 Å². The Labute approximate surface area is 194 Å². The zero-order valence-electron chi connectivity index (χ0n) is 19.5. The monoisotopic (exact) mass is 459 g/mol. The molecule has 0 aliphatic carbocycles. The van der Waals surface area contributed by atoms with Crippen LogP contribution in [0.15, 0.2) is 18.2 Å². The predicted octanol–water partition coefficient (Wildman–Crippen LogP) is 0.945. The average molecular weight is 460 g/mol. The smallest absolute Gasteiger partial charge is 0.251 e. The number of carbonyl (C=O) groups excluding carboxylic acids is 3. The number of hydrogen-bond acceptors (Lipinski definition) is 6. The molecule has 0 N–H and O–H groups in total. The van der Waals surface area contributed by atoms with Gasteiger partial charge >= 0.3 is 0 Å². The minimum absolute atomic E-state index is 0.0148. The number of piperazine rings is 1. The topological polar surface area (TPSA) is 88.6 Å². The van der Waals surface area contributed by atoms with Crippen LogP contribution in [0.1, 0.15) is 24.8 Å². The summed E-state index contributed by atoms with van der Waals surface area (Å²) in [6.45, 7) is 3.71. The SMILES string of the molecule is COc1ccc(CCN2C[C@@H](C(=O)N3CCN(C(=O)[C@H]4CCCO4)CC3)CC2=O)cc1OC. The molecule has 3 aliphatic rings. The second-order valence-electron chi connectivity index (χ2n) is 8.83. The van der Waals surface area contributed by atoms with Crippen molar-refractivity contribution in [2.45, 2.75) is 31.8 Å². The van der Waals surface area contributed by atoms with E-state index in [-0.39, 0.29) is 36.2 Å². The molecule has 3 aliphatic heterocycles. The maximum Gasteiger partial charge on any atom is 0.251 e. The van der Waals surface area contributed by atoms with Crippen LogP contribution < -0.4 is 9.47 Å². The first-order chi connectivity index (χ1) is 16.0. The highest BCUT2D eigenvalue weighted by molar-refractivity contribution is 5.89. The molecule has 1 aromatic carbocycles. The molecule has 4 rings (SSSR count). The standard InChI is InChI=1S/C24H33N3O6/c1-31-19-6-5-17(14-21(19)32-2)7-8-27-16-18(15-22(27)28)23(29)25-9-11-26(12-10-25)24(30)20-4-3-13-33-20/h5-6,14,18,20H,3-4,7-13,15-16H2,1-2H3/t18-,20+/m0/s1. The van der Waals surface area contributed by atoms with Gasteiger partial charge in [0.15, 0.2) is 11.5 Å². The van der Waals surface area contributed by atoms with E-state index in [2.05, 4.69) is 0 Å². The third-order valence-corrected chi connectivity index (χ3v) is 6.79. The van der Waals surface area contributed by atoms with Crippen molar-refractivity contribution < 1.29 is 28.6 Å². The summed E-state index contributed by atoms with van der Waals surface area (Å²) in [6, 6.07) is 5.73. The molecule has 9 nitrogen and oxygen atoms in total. The predicted molar refractivity (Wildman–Crippen MR) is 120 cm³/mol. The summed E-state index contributed by atoms with van der Waals surface area (Å²) in [7, 11) is 3.19. The van der Waals surface area contributed by atoms with Gasteiger partial charge in [-0.15, -0.1) is 0 Å². The number of likely N-dealkylation sites (tertiary alicyclic amines) is 1. The first kappa shape index (κ1) is 23.4. The molecule has 180 valence electrons. The molecule has 33 heavy (non-hydrogen) atoms. The highest BCUT2D eigenvalue weighted by Crippen LogP contribution is 2.28. The van der Waals surface area contributed by atoms with Crippen molar-refractivity contribution in [2.75, 3.05) is 60.1 Å². The molecule has 0 aromatic heterocycles. The van der Waals surface area contributed by atoms with Crippen molar-refractivity contribution in [1.29, 1.82) is 0 Å². The Bertz CT molecular complexity index is 877. The quantitative estimate of drug-likeness (QED) is 0.603. The van der Waals surface area contributed by atoms with E-state index < -0.39 is 0 Å². The van der Waals surface area contributed by atoms with Crippen molar-refractivity contribution in [2.24, 2.45) is 5.92 Å². The molecule has 0 bridgehead atoms. The number of carbonyl (C=O) groups is 3. The Morgan fingerprint density at radius 2 is 1.73 bits per heavy atom. The minimum atomic E-state index is -0.320. The maximum atomic E-state index is 13.0. The Hall–Kier alpha value is -2.81. The largest absolute Gasteiger partial charge is 0.493 e. The number of benzene rings is 1. The van der Waals surface area contributed by atoms with Gasteiger partial charge < -0.3 is 28.9 Å². The lowest BCUT2D eigenvalue weighted by Gasteiger charge is -2.36. The van der Waals surface area contributed by atoms with E-state index in [1.54, 1.807) is 28.9 Å². The Kier molecular flexibility index (Phi) is 7.37. The first-order valence-corrected chi connectivity index (χ1v) is 11.7. The molecule has 3 saturated heterocycles. The lowest BCUT2D eigenvalue weighted by atomic mass is 10.1. The molecular weight excluding hydrogens is 426 g/mol. The van der Waals surface area contributed by atoms with Crippen molar-refractivity contribution in [3.05, 3.63) is 23.8 Å². The van der Waals surface area contributed by atoms with E-state index in [0.29, 0.717) is 63.8 Å². The van der Waals surface area contributed by atoms with Crippen molar-refractivity contribution >= 4 is 17.7 Å². The van der Waals surface area contributed by atoms with E-state index in [9.17, 15) is 14.4 Å². The van der Waals surface area contributed by atoms with Gasteiger partial charge in [-0.2, -0.15) is 0 Å². The van der Waals surface area contributed by atoms with Crippen molar-refractivity contribution in [3.8, 4) is 11.5 Å². The Morgan fingerprint density at radius 1 is 1.03 bits per heavy atom. The van der Waals surface area contributed by atoms with Gasteiger partial charge in [0.25, 0.3) is 5.91 Å². The summed E-state index contributed by atoms with van der Waals surface area (Å²) in [5.41, 5.74) is 1.04. The van der Waals surface area contributed by atoms with Crippen molar-refractivity contribution in [3.63, 3.8) is 0 Å². The molecule has 3 fully saturated rings. The molecule has 0 unspecified atom stereocenters. The second-order valence-corrected chi connectivity index (χ2v) is 8.83. The minimum Gasteiger partial charge on any atom is -0.493 e. The van der Waals surface area contributed by atoms with Crippen LogP contribution in [0.3, 0.4) is 0 Å². The van der Waals surface area contributed by atoms with Gasteiger partial charge in [-0.3, -0.25) is 14.4 Å². The third-order valence-electron chi connectivity index (χ3n) is 6.79.